The number of imidazole rings is 1. The van der Waals surface area contributed by atoms with Gasteiger partial charge >= 0.3 is 0 Å². The first-order chi connectivity index (χ1) is 9.20. The number of aryl methyl sites for hydroxylation is 1. The summed E-state index contributed by atoms with van der Waals surface area (Å²) in [5.74, 6) is 1.43. The molecular weight excluding hydrogens is 245 g/mol. The van der Waals surface area contributed by atoms with E-state index in [-0.39, 0.29) is 5.82 Å². The maximum absolute atomic E-state index is 13.2. The van der Waals surface area contributed by atoms with Crippen molar-refractivity contribution in [2.75, 3.05) is 13.7 Å². The highest BCUT2D eigenvalue weighted by molar-refractivity contribution is 5.33. The third kappa shape index (κ3) is 3.54. The van der Waals surface area contributed by atoms with Crippen molar-refractivity contribution in [1.29, 1.82) is 0 Å². The van der Waals surface area contributed by atoms with Gasteiger partial charge in [0.25, 0.3) is 0 Å². The third-order valence-electron chi connectivity index (χ3n) is 2.90. The van der Waals surface area contributed by atoms with Crippen LogP contribution in [-0.2, 0) is 13.1 Å². The number of aromatic nitrogens is 2. The zero-order valence-corrected chi connectivity index (χ0v) is 11.2. The number of halogens is 1. The first kappa shape index (κ1) is 13.5. The lowest BCUT2D eigenvalue weighted by Gasteiger charge is -2.12. The minimum atomic E-state index is -0.247. The van der Waals surface area contributed by atoms with E-state index in [1.165, 1.54) is 12.1 Å². The Kier molecular flexibility index (Phi) is 4.52. The summed E-state index contributed by atoms with van der Waals surface area (Å²) in [5, 5.41) is 3.00. The average Bonchev–Trinajstić information content (AvgIpc) is 2.78. The fraction of sp³-hybridized carbons (Fsp3) is 0.357. The number of benzene rings is 1. The summed E-state index contributed by atoms with van der Waals surface area (Å²) in [4.78, 5) is 4.15. The molecule has 0 aliphatic carbocycles. The standard InChI is InChI=1S/C14H18FN3O/c1-11-17-5-6-18(11)7-8-19-14-4-3-13(15)9-12(14)10-16-2/h3-6,9,16H,7-8,10H2,1-2H3. The van der Waals surface area contributed by atoms with E-state index >= 15 is 0 Å². The Hall–Kier alpha value is -1.88. The topological polar surface area (TPSA) is 39.1 Å². The van der Waals surface area contributed by atoms with Crippen LogP contribution in [0.25, 0.3) is 0 Å². The lowest BCUT2D eigenvalue weighted by Crippen LogP contribution is -2.12. The number of hydrogen-bond donors (Lipinski definition) is 1. The summed E-state index contributed by atoms with van der Waals surface area (Å²) in [6, 6.07) is 4.58. The summed E-state index contributed by atoms with van der Waals surface area (Å²) in [6.45, 7) is 3.78. The van der Waals surface area contributed by atoms with Crippen LogP contribution in [-0.4, -0.2) is 23.2 Å². The average molecular weight is 263 g/mol. The van der Waals surface area contributed by atoms with E-state index in [4.69, 9.17) is 4.74 Å². The molecule has 1 heterocycles. The normalized spacial score (nSPS) is 10.7. The molecule has 5 heteroatoms. The van der Waals surface area contributed by atoms with Crippen molar-refractivity contribution >= 4 is 0 Å². The Bertz CT molecular complexity index is 539. The quantitative estimate of drug-likeness (QED) is 0.867. The van der Waals surface area contributed by atoms with E-state index in [1.807, 2.05) is 24.7 Å². The Labute approximate surface area is 112 Å². The Morgan fingerprint density at radius 2 is 2.26 bits per heavy atom. The first-order valence-corrected chi connectivity index (χ1v) is 6.24. The van der Waals surface area contributed by atoms with Crippen molar-refractivity contribution in [2.24, 2.45) is 0 Å². The maximum atomic E-state index is 13.2. The predicted octanol–water partition coefficient (Wildman–Crippen LogP) is 2.13. The molecule has 0 bridgehead atoms. The zero-order chi connectivity index (χ0) is 13.7. The van der Waals surface area contributed by atoms with Crippen LogP contribution in [0.5, 0.6) is 5.75 Å². The van der Waals surface area contributed by atoms with Crippen LogP contribution in [0, 0.1) is 12.7 Å². The van der Waals surface area contributed by atoms with Gasteiger partial charge in [0.15, 0.2) is 0 Å². The van der Waals surface area contributed by atoms with Gasteiger partial charge in [0.05, 0.1) is 6.54 Å². The number of nitrogens with one attached hydrogen (secondary N) is 1. The van der Waals surface area contributed by atoms with Crippen LogP contribution in [0.2, 0.25) is 0 Å². The van der Waals surface area contributed by atoms with E-state index < -0.39 is 0 Å². The molecule has 0 radical (unpaired) electrons. The Morgan fingerprint density at radius 1 is 1.42 bits per heavy atom. The third-order valence-corrected chi connectivity index (χ3v) is 2.90. The van der Waals surface area contributed by atoms with E-state index in [0.29, 0.717) is 18.9 Å². The lowest BCUT2D eigenvalue weighted by atomic mass is 10.2. The van der Waals surface area contributed by atoms with Gasteiger partial charge in [-0.2, -0.15) is 0 Å². The van der Waals surface area contributed by atoms with Gasteiger partial charge in [-0.25, -0.2) is 9.37 Å². The monoisotopic (exact) mass is 263 g/mol. The minimum Gasteiger partial charge on any atom is -0.491 e. The lowest BCUT2D eigenvalue weighted by molar-refractivity contribution is 0.293. The minimum absolute atomic E-state index is 0.247. The molecule has 0 saturated carbocycles. The van der Waals surface area contributed by atoms with Crippen molar-refractivity contribution in [3.8, 4) is 5.75 Å². The second-order valence-corrected chi connectivity index (χ2v) is 4.30. The number of ether oxygens (including phenoxy) is 1. The summed E-state index contributed by atoms with van der Waals surface area (Å²) in [5.41, 5.74) is 0.824. The molecule has 4 nitrogen and oxygen atoms in total. The fourth-order valence-corrected chi connectivity index (χ4v) is 1.91. The van der Waals surface area contributed by atoms with Crippen LogP contribution < -0.4 is 10.1 Å². The molecule has 0 amide bonds. The molecule has 1 aromatic heterocycles. The summed E-state index contributed by atoms with van der Waals surface area (Å²) >= 11 is 0. The molecule has 0 aliphatic heterocycles. The van der Waals surface area contributed by atoms with Crippen LogP contribution in [0.3, 0.4) is 0 Å². The van der Waals surface area contributed by atoms with Gasteiger partial charge in [-0.3, -0.25) is 0 Å². The molecule has 1 N–H and O–H groups in total. The number of rotatable bonds is 6. The zero-order valence-electron chi connectivity index (χ0n) is 11.2. The van der Waals surface area contributed by atoms with Gasteiger partial charge in [-0.05, 0) is 32.2 Å². The van der Waals surface area contributed by atoms with Crippen molar-refractivity contribution < 1.29 is 9.13 Å². The van der Waals surface area contributed by atoms with Gasteiger partial charge in [-0.1, -0.05) is 0 Å². The summed E-state index contributed by atoms with van der Waals surface area (Å²) in [7, 11) is 1.82. The molecule has 0 spiro atoms. The van der Waals surface area contributed by atoms with E-state index in [1.54, 1.807) is 12.3 Å². The van der Waals surface area contributed by atoms with Crippen molar-refractivity contribution in [2.45, 2.75) is 20.0 Å². The van der Waals surface area contributed by atoms with Gasteiger partial charge in [0.1, 0.15) is 24.0 Å². The first-order valence-electron chi connectivity index (χ1n) is 6.24. The molecule has 0 unspecified atom stereocenters. The van der Waals surface area contributed by atoms with Crippen LogP contribution >= 0.6 is 0 Å². The predicted molar refractivity (Wildman–Crippen MR) is 71.6 cm³/mol. The van der Waals surface area contributed by atoms with Gasteiger partial charge in [-0.15, -0.1) is 0 Å². The van der Waals surface area contributed by atoms with Crippen molar-refractivity contribution in [3.05, 3.63) is 47.8 Å². The second-order valence-electron chi connectivity index (χ2n) is 4.30. The maximum Gasteiger partial charge on any atom is 0.124 e. The van der Waals surface area contributed by atoms with E-state index in [2.05, 4.69) is 10.3 Å². The molecule has 102 valence electrons. The summed E-state index contributed by atoms with van der Waals surface area (Å²) < 4.78 is 20.9. The van der Waals surface area contributed by atoms with Crippen molar-refractivity contribution in [1.82, 2.24) is 14.9 Å². The van der Waals surface area contributed by atoms with Gasteiger partial charge in [0, 0.05) is 24.5 Å². The molecule has 2 rings (SSSR count). The van der Waals surface area contributed by atoms with Gasteiger partial charge < -0.3 is 14.6 Å². The van der Waals surface area contributed by atoms with E-state index in [0.717, 1.165) is 17.9 Å². The molecule has 0 atom stereocenters. The molecule has 1 aromatic carbocycles. The molecular formula is C14H18FN3O. The molecule has 0 aliphatic rings. The van der Waals surface area contributed by atoms with Crippen molar-refractivity contribution in [3.63, 3.8) is 0 Å². The molecule has 19 heavy (non-hydrogen) atoms. The highest BCUT2D eigenvalue weighted by Gasteiger charge is 2.05. The highest BCUT2D eigenvalue weighted by atomic mass is 19.1. The molecule has 2 aromatic rings. The van der Waals surface area contributed by atoms with Crippen LogP contribution in [0.15, 0.2) is 30.6 Å². The molecule has 0 saturated heterocycles. The fourth-order valence-electron chi connectivity index (χ4n) is 1.91. The smallest absolute Gasteiger partial charge is 0.124 e. The van der Waals surface area contributed by atoms with Crippen LogP contribution in [0.4, 0.5) is 4.39 Å². The summed E-state index contributed by atoms with van der Waals surface area (Å²) in [6.07, 6.45) is 3.68. The molecule has 0 fully saturated rings. The second kappa shape index (κ2) is 6.33. The highest BCUT2D eigenvalue weighted by Crippen LogP contribution is 2.19. The van der Waals surface area contributed by atoms with E-state index in [9.17, 15) is 4.39 Å². The largest absolute Gasteiger partial charge is 0.491 e. The SMILES string of the molecule is CNCc1cc(F)ccc1OCCn1ccnc1C. The van der Waals surface area contributed by atoms with Gasteiger partial charge in [0.2, 0.25) is 0 Å². The Balaban J connectivity index is 1.97. The van der Waals surface area contributed by atoms with Crippen LogP contribution in [0.1, 0.15) is 11.4 Å². The number of hydrogen-bond acceptors (Lipinski definition) is 3. The Morgan fingerprint density at radius 3 is 2.95 bits per heavy atom. The number of nitrogens with zero attached hydrogens (tertiary/aromatic N) is 2.